The van der Waals surface area contributed by atoms with Gasteiger partial charge in [-0.2, -0.15) is 0 Å². The van der Waals surface area contributed by atoms with E-state index in [1.807, 2.05) is 0 Å². The maximum absolute atomic E-state index is 12.9. The van der Waals surface area contributed by atoms with E-state index in [4.69, 9.17) is 23.3 Å². The molecular weight excluding hydrogens is 880 g/mol. The summed E-state index contributed by atoms with van der Waals surface area (Å²) in [5.74, 6) is -1.48. The van der Waals surface area contributed by atoms with Crippen LogP contribution in [0.3, 0.4) is 0 Å². The third-order valence-electron chi connectivity index (χ3n) is 12.0. The minimum absolute atomic E-state index is 0.158. The summed E-state index contributed by atoms with van der Waals surface area (Å²) in [6, 6.07) is 0. The summed E-state index contributed by atoms with van der Waals surface area (Å²) < 4.78 is 39.4. The van der Waals surface area contributed by atoms with Crippen molar-refractivity contribution >= 4 is 25.7 Å². The van der Waals surface area contributed by atoms with Crippen molar-refractivity contribution in [3.8, 4) is 0 Å². The molecule has 11 nitrogen and oxygen atoms in total. The SMILES string of the molecule is CCCCCC/C=C\CCCCCCCC(=O)OC(CO)COP(=O)(O)OCC(COC(=O)CCCCCCC/C=C\CCCCCCCC)OC(=O)CCCCCCC/C=C\CCCCCC. The number of unbranched alkanes of at least 4 members (excludes halogenated alkanes) is 29. The fraction of sp³-hybridized carbons (Fsp3) is 0.839. The predicted octanol–water partition coefficient (Wildman–Crippen LogP) is 16.0. The van der Waals surface area contributed by atoms with Gasteiger partial charge in [-0.05, 0) is 96.3 Å². The van der Waals surface area contributed by atoms with Crippen LogP contribution in [0.4, 0.5) is 0 Å². The van der Waals surface area contributed by atoms with Crippen molar-refractivity contribution in [1.82, 2.24) is 0 Å². The van der Waals surface area contributed by atoms with Gasteiger partial charge in [0.25, 0.3) is 0 Å². The van der Waals surface area contributed by atoms with Gasteiger partial charge in [-0.3, -0.25) is 23.4 Å². The number of aliphatic hydroxyl groups excluding tert-OH is 1. The highest BCUT2D eigenvalue weighted by Crippen LogP contribution is 2.43. The zero-order chi connectivity index (χ0) is 49.9. The highest BCUT2D eigenvalue weighted by atomic mass is 31.2. The Morgan fingerprint density at radius 2 is 0.676 bits per heavy atom. The summed E-state index contributed by atoms with van der Waals surface area (Å²) in [6.45, 7) is 4.60. The van der Waals surface area contributed by atoms with E-state index in [0.717, 1.165) is 116 Å². The van der Waals surface area contributed by atoms with Crippen molar-refractivity contribution in [2.45, 2.75) is 277 Å². The molecule has 12 heteroatoms. The number of rotatable bonds is 52. The quantitative estimate of drug-likeness (QED) is 0.0197. The summed E-state index contributed by atoms with van der Waals surface area (Å²) >= 11 is 0. The van der Waals surface area contributed by atoms with Crippen LogP contribution in [-0.4, -0.2) is 66.5 Å². The van der Waals surface area contributed by atoms with E-state index in [-0.39, 0.29) is 25.9 Å². The Morgan fingerprint density at radius 3 is 1.03 bits per heavy atom. The Bertz CT molecular complexity index is 1280. The molecule has 0 aliphatic carbocycles. The van der Waals surface area contributed by atoms with E-state index in [0.29, 0.717) is 19.3 Å². The van der Waals surface area contributed by atoms with E-state index in [1.54, 1.807) is 0 Å². The molecule has 0 amide bonds. The zero-order valence-corrected chi connectivity index (χ0v) is 44.7. The number of carbonyl (C=O) groups is 3. The maximum atomic E-state index is 12.9. The van der Waals surface area contributed by atoms with Crippen LogP contribution in [0.5, 0.6) is 0 Å². The van der Waals surface area contributed by atoms with Gasteiger partial charge < -0.3 is 24.2 Å². The first-order valence-electron chi connectivity index (χ1n) is 27.9. The number of hydrogen-bond acceptors (Lipinski definition) is 10. The minimum Gasteiger partial charge on any atom is -0.462 e. The lowest BCUT2D eigenvalue weighted by Crippen LogP contribution is -2.30. The molecule has 0 saturated heterocycles. The molecule has 68 heavy (non-hydrogen) atoms. The number of carbonyl (C=O) groups excluding carboxylic acids is 3. The molecule has 398 valence electrons. The predicted molar refractivity (Wildman–Crippen MR) is 279 cm³/mol. The smallest absolute Gasteiger partial charge is 0.462 e. The van der Waals surface area contributed by atoms with Gasteiger partial charge in [-0.25, -0.2) is 4.57 Å². The molecule has 0 heterocycles. The minimum atomic E-state index is -4.74. The molecule has 3 unspecified atom stereocenters. The molecule has 0 bridgehead atoms. The van der Waals surface area contributed by atoms with Crippen LogP contribution in [0.15, 0.2) is 36.5 Å². The van der Waals surface area contributed by atoms with Crippen molar-refractivity contribution in [2.75, 3.05) is 26.4 Å². The first-order valence-corrected chi connectivity index (χ1v) is 29.4. The van der Waals surface area contributed by atoms with Crippen LogP contribution >= 0.6 is 7.82 Å². The number of esters is 3. The fourth-order valence-corrected chi connectivity index (χ4v) is 8.48. The molecule has 3 atom stereocenters. The summed E-state index contributed by atoms with van der Waals surface area (Å²) in [4.78, 5) is 48.4. The van der Waals surface area contributed by atoms with E-state index >= 15 is 0 Å². The fourth-order valence-electron chi connectivity index (χ4n) is 7.69. The molecule has 0 aromatic rings. The Morgan fingerprint density at radius 1 is 0.397 bits per heavy atom. The second kappa shape index (κ2) is 51.1. The van der Waals surface area contributed by atoms with Gasteiger partial charge in [0.2, 0.25) is 0 Å². The normalized spacial score (nSPS) is 13.7. The van der Waals surface area contributed by atoms with Crippen molar-refractivity contribution in [1.29, 1.82) is 0 Å². The Kier molecular flexibility index (Phi) is 49.3. The van der Waals surface area contributed by atoms with Crippen LogP contribution in [0, 0.1) is 0 Å². The van der Waals surface area contributed by atoms with Gasteiger partial charge in [-0.1, -0.05) is 186 Å². The van der Waals surface area contributed by atoms with Crippen molar-refractivity contribution in [2.24, 2.45) is 0 Å². The number of aliphatic hydroxyl groups is 1. The van der Waals surface area contributed by atoms with Crippen molar-refractivity contribution < 1.29 is 52.2 Å². The molecule has 2 N–H and O–H groups in total. The number of ether oxygens (including phenoxy) is 3. The summed E-state index contributed by atoms with van der Waals surface area (Å²) in [6.07, 6.45) is 51.0. The number of hydrogen-bond donors (Lipinski definition) is 2. The molecule has 0 saturated carbocycles. The first-order chi connectivity index (χ1) is 33.2. The van der Waals surface area contributed by atoms with Gasteiger partial charge >= 0.3 is 25.7 Å². The van der Waals surface area contributed by atoms with E-state index < -0.39 is 57.8 Å². The summed E-state index contributed by atoms with van der Waals surface area (Å²) in [5.41, 5.74) is 0. The Labute approximate surface area is 416 Å². The monoisotopic (exact) mass is 983 g/mol. The molecule has 0 aliphatic heterocycles. The maximum Gasteiger partial charge on any atom is 0.472 e. The van der Waals surface area contributed by atoms with Gasteiger partial charge in [0.15, 0.2) is 6.10 Å². The lowest BCUT2D eigenvalue weighted by Gasteiger charge is -2.21. The van der Waals surface area contributed by atoms with Gasteiger partial charge in [-0.15, -0.1) is 0 Å². The van der Waals surface area contributed by atoms with Crippen LogP contribution in [0.2, 0.25) is 0 Å². The standard InChI is InChI=1S/C56H103O11P/c1-4-7-10-13-16-19-22-25-26-29-30-33-36-39-42-45-54(58)63-49-53(67-56(60)47-44-41-38-35-32-28-24-21-18-15-12-9-6-3)51-65-68(61,62)64-50-52(48-57)66-55(59)46-43-40-37-34-31-27-23-20-17-14-11-8-5-2/h20-21,23-26,52-53,57H,4-19,22,27-51H2,1-3H3,(H,61,62)/b23-20-,24-21-,26-25-. The lowest BCUT2D eigenvalue weighted by atomic mass is 10.1. The van der Waals surface area contributed by atoms with Crippen LogP contribution in [-0.2, 0) is 42.2 Å². The second-order valence-electron chi connectivity index (χ2n) is 18.7. The number of phosphoric ester groups is 1. The van der Waals surface area contributed by atoms with Crippen molar-refractivity contribution in [3.63, 3.8) is 0 Å². The molecular formula is C56H103O11P. The first kappa shape index (κ1) is 65.7. The van der Waals surface area contributed by atoms with Crippen LogP contribution in [0.25, 0.3) is 0 Å². The molecule has 0 radical (unpaired) electrons. The lowest BCUT2D eigenvalue weighted by molar-refractivity contribution is -0.161. The molecule has 0 aromatic heterocycles. The van der Waals surface area contributed by atoms with Gasteiger partial charge in [0.05, 0.1) is 19.8 Å². The van der Waals surface area contributed by atoms with Crippen molar-refractivity contribution in [3.05, 3.63) is 36.5 Å². The van der Waals surface area contributed by atoms with E-state index in [1.165, 1.54) is 89.9 Å². The average Bonchev–Trinajstić information content (AvgIpc) is 3.32. The summed E-state index contributed by atoms with van der Waals surface area (Å²) in [5, 5.41) is 9.79. The molecule has 0 spiro atoms. The third-order valence-corrected chi connectivity index (χ3v) is 13.0. The highest BCUT2D eigenvalue weighted by molar-refractivity contribution is 7.47. The van der Waals surface area contributed by atoms with Crippen LogP contribution in [0.1, 0.15) is 265 Å². The second-order valence-corrected chi connectivity index (χ2v) is 20.2. The topological polar surface area (TPSA) is 155 Å². The molecule has 0 aliphatic rings. The summed E-state index contributed by atoms with van der Waals surface area (Å²) in [7, 11) is -4.74. The highest BCUT2D eigenvalue weighted by Gasteiger charge is 2.28. The number of allylic oxidation sites excluding steroid dienone is 6. The van der Waals surface area contributed by atoms with Gasteiger partial charge in [0.1, 0.15) is 12.7 Å². The molecule has 0 aromatic carbocycles. The molecule has 0 rings (SSSR count). The zero-order valence-electron chi connectivity index (χ0n) is 43.8. The van der Waals surface area contributed by atoms with E-state index in [9.17, 15) is 28.9 Å². The average molecular weight is 983 g/mol. The van der Waals surface area contributed by atoms with E-state index in [2.05, 4.69) is 57.2 Å². The Hall–Kier alpha value is -2.30. The Balaban J connectivity index is 4.73. The van der Waals surface area contributed by atoms with Crippen LogP contribution < -0.4 is 0 Å². The molecule has 0 fully saturated rings. The largest absolute Gasteiger partial charge is 0.472 e. The van der Waals surface area contributed by atoms with Gasteiger partial charge in [0, 0.05) is 19.3 Å². The number of phosphoric acid groups is 1. The third kappa shape index (κ3) is 48.7.